The highest BCUT2D eigenvalue weighted by Gasteiger charge is 2.36. The molecule has 1 aromatic rings. The molecule has 1 saturated carbocycles. The van der Waals surface area contributed by atoms with E-state index in [9.17, 15) is 18.3 Å². The van der Waals surface area contributed by atoms with E-state index in [0.29, 0.717) is 12.8 Å². The van der Waals surface area contributed by atoms with Crippen molar-refractivity contribution in [3.05, 3.63) is 11.4 Å². The second-order valence-corrected chi connectivity index (χ2v) is 7.16. The number of hydrogen-bond donors (Lipinski definition) is 3. The van der Waals surface area contributed by atoms with Crippen LogP contribution in [-0.2, 0) is 21.4 Å². The van der Waals surface area contributed by atoms with Gasteiger partial charge in [0.25, 0.3) is 0 Å². The third-order valence-corrected chi connectivity index (χ3v) is 5.40. The molecule has 0 radical (unpaired) electrons. The monoisotopic (exact) mass is 317 g/mol. The zero-order valence-electron chi connectivity index (χ0n) is 12.0. The highest BCUT2D eigenvalue weighted by atomic mass is 32.2. The van der Waals surface area contributed by atoms with Gasteiger partial charge in [0.05, 0.1) is 17.0 Å². The number of aliphatic hydroxyl groups is 1. The summed E-state index contributed by atoms with van der Waals surface area (Å²) >= 11 is 0. The minimum absolute atomic E-state index is 0.0216. The van der Waals surface area contributed by atoms with Crippen LogP contribution in [0.4, 0.5) is 0 Å². The van der Waals surface area contributed by atoms with Crippen molar-refractivity contribution in [1.82, 2.24) is 14.5 Å². The Morgan fingerprint density at radius 2 is 2.05 bits per heavy atom. The van der Waals surface area contributed by atoms with Crippen LogP contribution in [0.3, 0.4) is 0 Å². The second kappa shape index (κ2) is 5.39. The standard InChI is InChI=1S/C12H19N3O5S/c1-8-11(9(2)15(14-8)6-10(16)17)21(19,20)13-7-12(18)4-3-5-12/h13,18H,3-7H2,1-2H3,(H,16,17). The molecule has 9 heteroatoms. The second-order valence-electron chi connectivity index (χ2n) is 5.45. The molecule has 118 valence electrons. The Hall–Kier alpha value is -1.45. The summed E-state index contributed by atoms with van der Waals surface area (Å²) in [5, 5.41) is 22.7. The van der Waals surface area contributed by atoms with Gasteiger partial charge in [-0.3, -0.25) is 9.48 Å². The lowest BCUT2D eigenvalue weighted by atomic mass is 9.81. The van der Waals surface area contributed by atoms with Crippen molar-refractivity contribution in [1.29, 1.82) is 0 Å². The molecular weight excluding hydrogens is 298 g/mol. The molecule has 0 saturated heterocycles. The summed E-state index contributed by atoms with van der Waals surface area (Å²) < 4.78 is 28.2. The molecule has 0 unspecified atom stereocenters. The van der Waals surface area contributed by atoms with E-state index < -0.39 is 28.1 Å². The van der Waals surface area contributed by atoms with Crippen LogP contribution < -0.4 is 4.72 Å². The lowest BCUT2D eigenvalue weighted by Crippen LogP contribution is -2.47. The van der Waals surface area contributed by atoms with Gasteiger partial charge in [-0.2, -0.15) is 5.10 Å². The van der Waals surface area contributed by atoms with Crippen LogP contribution in [-0.4, -0.2) is 46.5 Å². The summed E-state index contributed by atoms with van der Waals surface area (Å²) in [6.45, 7) is 2.58. The Labute approximate surface area is 122 Å². The molecule has 1 fully saturated rings. The van der Waals surface area contributed by atoms with Crippen molar-refractivity contribution in [3.8, 4) is 0 Å². The third-order valence-electron chi connectivity index (χ3n) is 3.74. The number of aliphatic carboxylic acids is 1. The van der Waals surface area contributed by atoms with Crippen molar-refractivity contribution in [2.24, 2.45) is 0 Å². The van der Waals surface area contributed by atoms with E-state index >= 15 is 0 Å². The van der Waals surface area contributed by atoms with Crippen molar-refractivity contribution in [2.45, 2.75) is 50.2 Å². The molecule has 8 nitrogen and oxygen atoms in total. The Morgan fingerprint density at radius 1 is 1.43 bits per heavy atom. The number of carboxylic acid groups (broad SMARTS) is 1. The Morgan fingerprint density at radius 3 is 2.52 bits per heavy atom. The molecule has 3 N–H and O–H groups in total. The smallest absolute Gasteiger partial charge is 0.325 e. The Kier molecular flexibility index (Phi) is 4.09. The SMILES string of the molecule is Cc1nn(CC(=O)O)c(C)c1S(=O)(=O)NCC1(O)CCC1. The van der Waals surface area contributed by atoms with Gasteiger partial charge in [-0.25, -0.2) is 13.1 Å². The van der Waals surface area contributed by atoms with Crippen LogP contribution in [0.1, 0.15) is 30.7 Å². The lowest BCUT2D eigenvalue weighted by Gasteiger charge is -2.36. The maximum Gasteiger partial charge on any atom is 0.325 e. The minimum atomic E-state index is -3.83. The van der Waals surface area contributed by atoms with Gasteiger partial charge in [0.1, 0.15) is 11.4 Å². The topological polar surface area (TPSA) is 122 Å². The highest BCUT2D eigenvalue weighted by Crippen LogP contribution is 2.31. The molecular formula is C12H19N3O5S. The van der Waals surface area contributed by atoms with Gasteiger partial charge in [0, 0.05) is 6.54 Å². The normalized spacial score (nSPS) is 17.5. The summed E-state index contributed by atoms with van der Waals surface area (Å²) in [6, 6.07) is 0. The van der Waals surface area contributed by atoms with E-state index in [1.165, 1.54) is 13.8 Å². The van der Waals surface area contributed by atoms with Gasteiger partial charge in [0.2, 0.25) is 10.0 Å². The van der Waals surface area contributed by atoms with Gasteiger partial charge >= 0.3 is 5.97 Å². The van der Waals surface area contributed by atoms with Gasteiger partial charge in [-0.05, 0) is 33.1 Å². The van der Waals surface area contributed by atoms with E-state index in [4.69, 9.17) is 5.11 Å². The molecule has 0 aromatic carbocycles. The number of aromatic nitrogens is 2. The number of hydrogen-bond acceptors (Lipinski definition) is 5. The molecule has 0 amide bonds. The number of aryl methyl sites for hydroxylation is 1. The number of carboxylic acids is 1. The predicted molar refractivity (Wildman–Crippen MR) is 73.3 cm³/mol. The van der Waals surface area contributed by atoms with E-state index in [0.717, 1.165) is 11.1 Å². The predicted octanol–water partition coefficient (Wildman–Crippen LogP) is -0.222. The fourth-order valence-electron chi connectivity index (χ4n) is 2.41. The number of rotatable bonds is 6. The summed E-state index contributed by atoms with van der Waals surface area (Å²) in [5.74, 6) is -1.10. The fraction of sp³-hybridized carbons (Fsp3) is 0.667. The Bertz CT molecular complexity index is 661. The summed E-state index contributed by atoms with van der Waals surface area (Å²) in [7, 11) is -3.83. The van der Waals surface area contributed by atoms with E-state index in [1.807, 2.05) is 0 Å². The number of nitrogens with one attached hydrogen (secondary N) is 1. The van der Waals surface area contributed by atoms with Crippen LogP contribution in [0, 0.1) is 13.8 Å². The lowest BCUT2D eigenvalue weighted by molar-refractivity contribution is -0.137. The van der Waals surface area contributed by atoms with Gasteiger partial charge in [0.15, 0.2) is 0 Å². The maximum atomic E-state index is 12.3. The van der Waals surface area contributed by atoms with Crippen LogP contribution in [0.25, 0.3) is 0 Å². The van der Waals surface area contributed by atoms with Crippen LogP contribution in [0.2, 0.25) is 0 Å². The molecule has 0 atom stereocenters. The first-order valence-corrected chi connectivity index (χ1v) is 8.11. The average molecular weight is 317 g/mol. The summed E-state index contributed by atoms with van der Waals surface area (Å²) in [5.41, 5.74) is -0.462. The first kappa shape index (κ1) is 15.9. The first-order chi connectivity index (χ1) is 9.65. The zero-order chi connectivity index (χ0) is 15.8. The largest absolute Gasteiger partial charge is 0.480 e. The Balaban J connectivity index is 2.23. The van der Waals surface area contributed by atoms with Crippen molar-refractivity contribution in [3.63, 3.8) is 0 Å². The van der Waals surface area contributed by atoms with E-state index in [1.54, 1.807) is 0 Å². The summed E-state index contributed by atoms with van der Waals surface area (Å²) in [4.78, 5) is 10.7. The maximum absolute atomic E-state index is 12.3. The fourth-order valence-corrected chi connectivity index (χ4v) is 3.94. The molecule has 1 heterocycles. The van der Waals surface area contributed by atoms with Gasteiger partial charge in [-0.15, -0.1) is 0 Å². The minimum Gasteiger partial charge on any atom is -0.480 e. The molecule has 1 aromatic heterocycles. The average Bonchev–Trinajstić information content (AvgIpc) is 2.59. The molecule has 0 aliphatic heterocycles. The molecule has 0 bridgehead atoms. The molecule has 2 rings (SSSR count). The van der Waals surface area contributed by atoms with Crippen LogP contribution in [0.15, 0.2) is 4.90 Å². The van der Waals surface area contributed by atoms with E-state index in [-0.39, 0.29) is 22.8 Å². The van der Waals surface area contributed by atoms with Crippen LogP contribution in [0.5, 0.6) is 0 Å². The molecule has 21 heavy (non-hydrogen) atoms. The van der Waals surface area contributed by atoms with Crippen molar-refractivity contribution >= 4 is 16.0 Å². The van der Waals surface area contributed by atoms with Crippen molar-refractivity contribution in [2.75, 3.05) is 6.54 Å². The van der Waals surface area contributed by atoms with Gasteiger partial charge in [-0.1, -0.05) is 0 Å². The number of sulfonamides is 1. The number of carbonyl (C=O) groups is 1. The number of nitrogens with zero attached hydrogens (tertiary/aromatic N) is 2. The zero-order valence-corrected chi connectivity index (χ0v) is 12.8. The van der Waals surface area contributed by atoms with Crippen molar-refractivity contribution < 1.29 is 23.4 Å². The van der Waals surface area contributed by atoms with Gasteiger partial charge < -0.3 is 10.2 Å². The quantitative estimate of drug-likeness (QED) is 0.667. The summed E-state index contributed by atoms with van der Waals surface area (Å²) in [6.07, 6.45) is 2.03. The molecule has 1 aliphatic carbocycles. The van der Waals surface area contributed by atoms with Crippen LogP contribution >= 0.6 is 0 Å². The first-order valence-electron chi connectivity index (χ1n) is 6.62. The molecule has 0 spiro atoms. The molecule has 1 aliphatic rings. The highest BCUT2D eigenvalue weighted by molar-refractivity contribution is 7.89. The third kappa shape index (κ3) is 3.25. The van der Waals surface area contributed by atoms with E-state index in [2.05, 4.69) is 9.82 Å².